The summed E-state index contributed by atoms with van der Waals surface area (Å²) in [4.78, 5) is 25.0. The quantitative estimate of drug-likeness (QED) is 0.713. The van der Waals surface area contributed by atoms with Crippen LogP contribution in [0.15, 0.2) is 24.3 Å². The lowest BCUT2D eigenvalue weighted by molar-refractivity contribution is -0.146. The minimum Gasteiger partial charge on any atom is -0.497 e. The molecule has 2 rings (SSSR count). The Bertz CT molecular complexity index is 565. The molecule has 1 aliphatic heterocycles. The number of methoxy groups -OCH3 is 1. The van der Waals surface area contributed by atoms with Crippen LogP contribution in [0.4, 0.5) is 0 Å². The van der Waals surface area contributed by atoms with Gasteiger partial charge in [0.25, 0.3) is 0 Å². The van der Waals surface area contributed by atoms with E-state index in [2.05, 4.69) is 0 Å². The van der Waals surface area contributed by atoms with E-state index >= 15 is 0 Å². The summed E-state index contributed by atoms with van der Waals surface area (Å²) in [7, 11) is 1.60. The highest BCUT2D eigenvalue weighted by Crippen LogP contribution is 2.22. The van der Waals surface area contributed by atoms with Gasteiger partial charge in [0.2, 0.25) is 11.8 Å². The Balaban J connectivity index is 1.67. The fourth-order valence-electron chi connectivity index (χ4n) is 2.62. The zero-order chi connectivity index (χ0) is 17.6. The molecule has 0 atom stereocenters. The number of piperidine rings is 1. The summed E-state index contributed by atoms with van der Waals surface area (Å²) >= 11 is 0. The van der Waals surface area contributed by atoms with E-state index in [9.17, 15) is 14.7 Å². The fourth-order valence-corrected chi connectivity index (χ4v) is 2.62. The van der Waals surface area contributed by atoms with Crippen molar-refractivity contribution in [2.75, 3.05) is 26.8 Å². The molecule has 0 bridgehead atoms. The normalized spacial score (nSPS) is 16.5. The minimum atomic E-state index is -1.48. The molecule has 0 aromatic heterocycles. The number of rotatable bonds is 7. The summed E-state index contributed by atoms with van der Waals surface area (Å²) in [6.45, 7) is 1.13. The third kappa shape index (κ3) is 4.61. The minimum absolute atomic E-state index is 0.000138. The van der Waals surface area contributed by atoms with Crippen molar-refractivity contribution in [2.45, 2.75) is 31.3 Å². The van der Waals surface area contributed by atoms with Gasteiger partial charge in [0.15, 0.2) is 0 Å². The van der Waals surface area contributed by atoms with Crippen LogP contribution in [-0.4, -0.2) is 54.2 Å². The summed E-state index contributed by atoms with van der Waals surface area (Å²) in [5.74, 6) is 0.772. The number of carbonyl (C=O) groups is 2. The van der Waals surface area contributed by atoms with Crippen LogP contribution in [0.5, 0.6) is 11.5 Å². The van der Waals surface area contributed by atoms with Crippen molar-refractivity contribution < 1.29 is 24.2 Å². The van der Waals surface area contributed by atoms with Gasteiger partial charge in [-0.1, -0.05) is 0 Å². The van der Waals surface area contributed by atoms with Crippen molar-refractivity contribution in [1.82, 2.24) is 4.90 Å². The summed E-state index contributed by atoms with van der Waals surface area (Å²) in [5, 5.41) is 9.98. The van der Waals surface area contributed by atoms with Gasteiger partial charge in [0, 0.05) is 32.4 Å². The first kappa shape index (κ1) is 18.1. The first-order valence-electron chi connectivity index (χ1n) is 8.01. The smallest absolute Gasteiger partial charge is 0.249 e. The highest BCUT2D eigenvalue weighted by Gasteiger charge is 2.38. The molecule has 7 nitrogen and oxygen atoms in total. The molecule has 24 heavy (non-hydrogen) atoms. The number of aliphatic hydroxyl groups is 1. The topological polar surface area (TPSA) is 102 Å². The SMILES string of the molecule is COc1ccc(OCCCC(=O)N2CCC(O)(C(N)=O)CC2)cc1. The van der Waals surface area contributed by atoms with Crippen LogP contribution in [0.3, 0.4) is 0 Å². The van der Waals surface area contributed by atoms with Gasteiger partial charge in [-0.2, -0.15) is 0 Å². The number of primary amides is 1. The summed E-state index contributed by atoms with van der Waals surface area (Å²) < 4.78 is 10.7. The molecule has 3 N–H and O–H groups in total. The third-order valence-electron chi connectivity index (χ3n) is 4.27. The Labute approximate surface area is 141 Å². The molecule has 1 aromatic carbocycles. The molecule has 1 aliphatic rings. The first-order chi connectivity index (χ1) is 11.4. The van der Waals surface area contributed by atoms with E-state index in [0.29, 0.717) is 32.5 Å². The Kier molecular flexibility index (Phi) is 6.03. The Morgan fingerprint density at radius 3 is 2.33 bits per heavy atom. The van der Waals surface area contributed by atoms with E-state index < -0.39 is 11.5 Å². The number of likely N-dealkylation sites (tertiary alicyclic amines) is 1. The second kappa shape index (κ2) is 8.01. The maximum absolute atomic E-state index is 12.1. The van der Waals surface area contributed by atoms with Crippen molar-refractivity contribution in [2.24, 2.45) is 5.73 Å². The maximum atomic E-state index is 12.1. The molecule has 1 saturated heterocycles. The van der Waals surface area contributed by atoms with Crippen LogP contribution in [-0.2, 0) is 9.59 Å². The maximum Gasteiger partial charge on any atom is 0.249 e. The van der Waals surface area contributed by atoms with E-state index in [1.807, 2.05) is 24.3 Å². The largest absolute Gasteiger partial charge is 0.497 e. The number of amides is 2. The molecule has 0 saturated carbocycles. The third-order valence-corrected chi connectivity index (χ3v) is 4.27. The van der Waals surface area contributed by atoms with Gasteiger partial charge in [-0.3, -0.25) is 9.59 Å². The van der Waals surface area contributed by atoms with E-state index in [-0.39, 0.29) is 18.7 Å². The lowest BCUT2D eigenvalue weighted by Gasteiger charge is -2.36. The molecule has 132 valence electrons. The molecule has 0 radical (unpaired) electrons. The predicted octanol–water partition coefficient (Wildman–Crippen LogP) is 0.693. The van der Waals surface area contributed by atoms with E-state index in [4.69, 9.17) is 15.2 Å². The van der Waals surface area contributed by atoms with Crippen LogP contribution >= 0.6 is 0 Å². The second-order valence-corrected chi connectivity index (χ2v) is 5.90. The van der Waals surface area contributed by atoms with Gasteiger partial charge in [0.05, 0.1) is 13.7 Å². The van der Waals surface area contributed by atoms with Crippen molar-refractivity contribution >= 4 is 11.8 Å². The Hall–Kier alpha value is -2.28. The standard InChI is InChI=1S/C17H24N2O5/c1-23-13-4-6-14(7-5-13)24-12-2-3-15(20)19-10-8-17(22,9-11-19)16(18)21/h4-7,22H,2-3,8-12H2,1H3,(H2,18,21). The molecule has 0 aliphatic carbocycles. The average Bonchev–Trinajstić information content (AvgIpc) is 2.59. The second-order valence-electron chi connectivity index (χ2n) is 5.90. The highest BCUT2D eigenvalue weighted by molar-refractivity contribution is 5.84. The molecule has 0 spiro atoms. The van der Waals surface area contributed by atoms with Crippen LogP contribution in [0.25, 0.3) is 0 Å². The fraction of sp³-hybridized carbons (Fsp3) is 0.529. The van der Waals surface area contributed by atoms with Gasteiger partial charge in [0.1, 0.15) is 17.1 Å². The summed E-state index contributed by atoms with van der Waals surface area (Å²) in [6, 6.07) is 7.26. The number of nitrogens with zero attached hydrogens (tertiary/aromatic N) is 1. The van der Waals surface area contributed by atoms with Crippen molar-refractivity contribution in [3.8, 4) is 11.5 Å². The van der Waals surface area contributed by atoms with Gasteiger partial charge in [-0.15, -0.1) is 0 Å². The average molecular weight is 336 g/mol. The molecule has 1 aromatic rings. The number of ether oxygens (including phenoxy) is 2. The number of nitrogens with two attached hydrogens (primary N) is 1. The Morgan fingerprint density at radius 2 is 1.79 bits per heavy atom. The molecule has 1 fully saturated rings. The number of hydrogen-bond acceptors (Lipinski definition) is 5. The summed E-state index contributed by atoms with van der Waals surface area (Å²) in [6.07, 6.45) is 1.35. The van der Waals surface area contributed by atoms with Crippen LogP contribution in [0, 0.1) is 0 Å². The van der Waals surface area contributed by atoms with E-state index in [0.717, 1.165) is 11.5 Å². The molecular formula is C17H24N2O5. The van der Waals surface area contributed by atoms with Crippen LogP contribution < -0.4 is 15.2 Å². The Morgan fingerprint density at radius 1 is 1.21 bits per heavy atom. The molecule has 0 unspecified atom stereocenters. The van der Waals surface area contributed by atoms with Gasteiger partial charge in [-0.25, -0.2) is 0 Å². The molecule has 1 heterocycles. The van der Waals surface area contributed by atoms with Gasteiger partial charge < -0.3 is 25.2 Å². The van der Waals surface area contributed by atoms with Crippen LogP contribution in [0.1, 0.15) is 25.7 Å². The first-order valence-corrected chi connectivity index (χ1v) is 8.01. The zero-order valence-electron chi connectivity index (χ0n) is 13.9. The lowest BCUT2D eigenvalue weighted by atomic mass is 9.90. The van der Waals surface area contributed by atoms with Crippen molar-refractivity contribution in [3.05, 3.63) is 24.3 Å². The van der Waals surface area contributed by atoms with Gasteiger partial charge >= 0.3 is 0 Å². The number of benzene rings is 1. The number of carbonyl (C=O) groups excluding carboxylic acids is 2. The monoisotopic (exact) mass is 336 g/mol. The van der Waals surface area contributed by atoms with Gasteiger partial charge in [-0.05, 0) is 30.7 Å². The zero-order valence-corrected chi connectivity index (χ0v) is 13.9. The van der Waals surface area contributed by atoms with Crippen molar-refractivity contribution in [1.29, 1.82) is 0 Å². The predicted molar refractivity (Wildman–Crippen MR) is 87.7 cm³/mol. The highest BCUT2D eigenvalue weighted by atomic mass is 16.5. The lowest BCUT2D eigenvalue weighted by Crippen LogP contribution is -2.53. The van der Waals surface area contributed by atoms with E-state index in [1.54, 1.807) is 12.0 Å². The molecule has 7 heteroatoms. The van der Waals surface area contributed by atoms with Crippen molar-refractivity contribution in [3.63, 3.8) is 0 Å². The molecule has 2 amide bonds. The summed E-state index contributed by atoms with van der Waals surface area (Å²) in [5.41, 5.74) is 3.70. The van der Waals surface area contributed by atoms with E-state index in [1.165, 1.54) is 0 Å². The number of hydrogen-bond donors (Lipinski definition) is 2. The van der Waals surface area contributed by atoms with Crippen LogP contribution in [0.2, 0.25) is 0 Å². The molecular weight excluding hydrogens is 312 g/mol.